The van der Waals surface area contributed by atoms with Crippen molar-refractivity contribution in [2.24, 2.45) is 4.99 Å². The normalized spacial score (nSPS) is 15.9. The molecule has 28 heavy (non-hydrogen) atoms. The first-order valence-electron chi connectivity index (χ1n) is 9.20. The lowest BCUT2D eigenvalue weighted by atomic mass is 10.1. The van der Waals surface area contributed by atoms with E-state index in [4.69, 9.17) is 4.74 Å². The molecule has 0 aromatic carbocycles. The Morgan fingerprint density at radius 2 is 2.00 bits per heavy atom. The molecule has 0 saturated carbocycles. The molecule has 0 aliphatic carbocycles. The maximum absolute atomic E-state index is 12.2. The summed E-state index contributed by atoms with van der Waals surface area (Å²) in [6, 6.07) is 3.10. The van der Waals surface area contributed by atoms with Crippen LogP contribution >= 0.6 is 24.0 Å². The van der Waals surface area contributed by atoms with E-state index in [1.807, 2.05) is 13.8 Å². The highest BCUT2D eigenvalue weighted by molar-refractivity contribution is 14.0. The number of nitrogens with one attached hydrogen (secondary N) is 1. The molecule has 1 aromatic rings. The summed E-state index contributed by atoms with van der Waals surface area (Å²) in [6.45, 7) is 6.29. The van der Waals surface area contributed by atoms with Crippen LogP contribution in [0.5, 0.6) is 5.88 Å². The van der Waals surface area contributed by atoms with Gasteiger partial charge in [0.15, 0.2) is 12.6 Å². The summed E-state index contributed by atoms with van der Waals surface area (Å²) in [7, 11) is 0. The van der Waals surface area contributed by atoms with E-state index in [1.165, 1.54) is 12.3 Å². The van der Waals surface area contributed by atoms with Crippen LogP contribution in [0.3, 0.4) is 0 Å². The first-order chi connectivity index (χ1) is 12.9. The van der Waals surface area contributed by atoms with E-state index < -0.39 is 12.8 Å². The smallest absolute Gasteiger partial charge is 0.422 e. The highest BCUT2D eigenvalue weighted by Crippen LogP contribution is 2.17. The highest BCUT2D eigenvalue weighted by Gasteiger charge is 2.28. The Morgan fingerprint density at radius 3 is 2.54 bits per heavy atom. The molecule has 6 nitrogen and oxygen atoms in total. The van der Waals surface area contributed by atoms with Crippen LogP contribution in [-0.4, -0.2) is 61.0 Å². The van der Waals surface area contributed by atoms with Crippen molar-refractivity contribution >= 4 is 29.9 Å². The molecule has 0 amide bonds. The van der Waals surface area contributed by atoms with Crippen molar-refractivity contribution in [3.8, 4) is 5.88 Å². The van der Waals surface area contributed by atoms with E-state index in [2.05, 4.69) is 24.9 Å². The van der Waals surface area contributed by atoms with Crippen LogP contribution in [0.15, 0.2) is 23.3 Å². The molecule has 0 atom stereocenters. The quantitative estimate of drug-likeness (QED) is 0.341. The average molecular weight is 516 g/mol. The summed E-state index contributed by atoms with van der Waals surface area (Å²) in [5, 5.41) is 3.28. The van der Waals surface area contributed by atoms with E-state index >= 15 is 0 Å². The largest absolute Gasteiger partial charge is 0.468 e. The Kier molecular flexibility index (Phi) is 10.9. The maximum Gasteiger partial charge on any atom is 0.422 e. The molecule has 0 radical (unpaired) electrons. The zero-order chi connectivity index (χ0) is 19.7. The van der Waals surface area contributed by atoms with Gasteiger partial charge < -0.3 is 19.7 Å². The average Bonchev–Trinajstić information content (AvgIpc) is 2.65. The van der Waals surface area contributed by atoms with E-state index in [1.54, 1.807) is 6.07 Å². The Labute approximate surface area is 180 Å². The standard InChI is InChI=1S/C18H27F3N4O2.HI/c1-3-22-17(25-9-7-15(8-10-25)26-4-2)24-12-14-5-6-16(23-11-14)27-13-18(19,20)21;/h5-6,11,15H,3-4,7-10,12-13H2,1-2H3,(H,22,24);1H. The number of aromatic nitrogens is 1. The molecule has 2 heterocycles. The Hall–Kier alpha value is -1.30. The number of halogens is 4. The Balaban J connectivity index is 0.00000392. The second kappa shape index (κ2) is 12.3. The van der Waals surface area contributed by atoms with Crippen molar-refractivity contribution in [2.75, 3.05) is 32.8 Å². The number of likely N-dealkylation sites (tertiary alicyclic amines) is 1. The van der Waals surface area contributed by atoms with Gasteiger partial charge in [0.05, 0.1) is 12.6 Å². The fraction of sp³-hybridized carbons (Fsp3) is 0.667. The number of guanidine groups is 1. The molecular formula is C18H28F3IN4O2. The van der Waals surface area contributed by atoms with Gasteiger partial charge in [0, 0.05) is 38.5 Å². The van der Waals surface area contributed by atoms with Crippen LogP contribution in [0, 0.1) is 0 Å². The third-order valence-electron chi connectivity index (χ3n) is 4.07. The predicted octanol–water partition coefficient (Wildman–Crippen LogP) is 3.61. The van der Waals surface area contributed by atoms with Gasteiger partial charge in [-0.25, -0.2) is 9.98 Å². The van der Waals surface area contributed by atoms with Gasteiger partial charge in [-0.05, 0) is 32.3 Å². The number of piperidine rings is 1. The van der Waals surface area contributed by atoms with Gasteiger partial charge in [-0.2, -0.15) is 13.2 Å². The minimum atomic E-state index is -4.37. The van der Waals surface area contributed by atoms with Crippen molar-refractivity contribution in [1.82, 2.24) is 15.2 Å². The van der Waals surface area contributed by atoms with Crippen LogP contribution < -0.4 is 10.1 Å². The number of alkyl halides is 3. The minimum Gasteiger partial charge on any atom is -0.468 e. The fourth-order valence-corrected chi connectivity index (χ4v) is 2.81. The molecule has 1 saturated heterocycles. The van der Waals surface area contributed by atoms with E-state index in [0.29, 0.717) is 12.6 Å². The second-order valence-corrected chi connectivity index (χ2v) is 6.22. The van der Waals surface area contributed by atoms with Gasteiger partial charge >= 0.3 is 6.18 Å². The topological polar surface area (TPSA) is 59.0 Å². The lowest BCUT2D eigenvalue weighted by Crippen LogP contribution is -2.47. The number of aliphatic imine (C=N–C) groups is 1. The van der Waals surface area contributed by atoms with E-state index in [-0.39, 0.29) is 29.9 Å². The number of rotatable bonds is 7. The number of nitrogens with zero attached hydrogens (tertiary/aromatic N) is 3. The SMILES string of the molecule is CCNC(=NCc1ccc(OCC(F)(F)F)nc1)N1CCC(OCC)CC1.I. The summed E-state index contributed by atoms with van der Waals surface area (Å²) >= 11 is 0. The number of pyridine rings is 1. The van der Waals surface area contributed by atoms with Crippen molar-refractivity contribution in [1.29, 1.82) is 0 Å². The molecule has 1 fully saturated rings. The first-order valence-corrected chi connectivity index (χ1v) is 9.20. The monoisotopic (exact) mass is 516 g/mol. The van der Waals surface area contributed by atoms with Gasteiger partial charge in [-0.3, -0.25) is 0 Å². The summed E-state index contributed by atoms with van der Waals surface area (Å²) < 4.78 is 46.8. The summed E-state index contributed by atoms with van der Waals surface area (Å²) in [5.41, 5.74) is 0.800. The van der Waals surface area contributed by atoms with Crippen LogP contribution in [0.2, 0.25) is 0 Å². The lowest BCUT2D eigenvalue weighted by molar-refractivity contribution is -0.154. The lowest BCUT2D eigenvalue weighted by Gasteiger charge is -2.34. The Morgan fingerprint density at radius 1 is 1.29 bits per heavy atom. The molecular weight excluding hydrogens is 488 g/mol. The third kappa shape index (κ3) is 8.80. The number of hydrogen-bond donors (Lipinski definition) is 1. The summed E-state index contributed by atoms with van der Waals surface area (Å²) in [6.07, 6.45) is -0.653. The van der Waals surface area contributed by atoms with Gasteiger partial charge in [0.2, 0.25) is 5.88 Å². The zero-order valence-electron chi connectivity index (χ0n) is 16.2. The van der Waals surface area contributed by atoms with Crippen LogP contribution in [0.1, 0.15) is 32.3 Å². The fourth-order valence-electron chi connectivity index (χ4n) is 2.81. The predicted molar refractivity (Wildman–Crippen MR) is 112 cm³/mol. The van der Waals surface area contributed by atoms with Crippen LogP contribution in [0.25, 0.3) is 0 Å². The second-order valence-electron chi connectivity index (χ2n) is 6.22. The molecule has 1 aliphatic rings. The minimum absolute atomic E-state index is 0. The van der Waals surface area contributed by atoms with E-state index in [9.17, 15) is 13.2 Å². The summed E-state index contributed by atoms with van der Waals surface area (Å²) in [4.78, 5) is 10.7. The molecule has 0 unspecified atom stereocenters. The van der Waals surface area contributed by atoms with Crippen molar-refractivity contribution in [3.05, 3.63) is 23.9 Å². The first kappa shape index (κ1) is 24.7. The van der Waals surface area contributed by atoms with Crippen molar-refractivity contribution in [3.63, 3.8) is 0 Å². The molecule has 2 rings (SSSR count). The molecule has 10 heteroatoms. The molecule has 0 spiro atoms. The van der Waals surface area contributed by atoms with Gasteiger partial charge in [-0.15, -0.1) is 24.0 Å². The molecule has 160 valence electrons. The van der Waals surface area contributed by atoms with Crippen LogP contribution in [-0.2, 0) is 11.3 Å². The number of ether oxygens (including phenoxy) is 2. The van der Waals surface area contributed by atoms with Gasteiger partial charge in [-0.1, -0.05) is 6.07 Å². The van der Waals surface area contributed by atoms with Gasteiger partial charge in [0.25, 0.3) is 0 Å². The van der Waals surface area contributed by atoms with Crippen LogP contribution in [0.4, 0.5) is 13.2 Å². The Bertz CT molecular complexity index is 591. The molecule has 0 bridgehead atoms. The third-order valence-corrected chi connectivity index (χ3v) is 4.07. The summed E-state index contributed by atoms with van der Waals surface area (Å²) in [5.74, 6) is 0.773. The molecule has 1 aromatic heterocycles. The van der Waals surface area contributed by atoms with Gasteiger partial charge in [0.1, 0.15) is 0 Å². The van der Waals surface area contributed by atoms with Crippen molar-refractivity contribution in [2.45, 2.75) is 45.5 Å². The zero-order valence-corrected chi connectivity index (χ0v) is 18.5. The highest BCUT2D eigenvalue weighted by atomic mass is 127. The molecule has 1 aliphatic heterocycles. The maximum atomic E-state index is 12.2. The van der Waals surface area contributed by atoms with Crippen molar-refractivity contribution < 1.29 is 22.6 Å². The molecule has 1 N–H and O–H groups in total. The van der Waals surface area contributed by atoms with E-state index in [0.717, 1.165) is 50.6 Å². The number of hydrogen-bond acceptors (Lipinski definition) is 4.